The number of hydrogen-bond acceptors (Lipinski definition) is 8. The highest BCUT2D eigenvalue weighted by atomic mass is 28.4. The second kappa shape index (κ2) is 13.1. The average molecular weight is 739 g/mol. The first kappa shape index (κ1) is 36.9. The van der Waals surface area contributed by atoms with Crippen molar-refractivity contribution in [2.24, 2.45) is 0 Å². The molecule has 2 saturated heterocycles. The normalized spacial score (nSPS) is 22.5. The molecule has 0 unspecified atom stereocenters. The van der Waals surface area contributed by atoms with Crippen LogP contribution in [0.1, 0.15) is 74.1 Å². The Labute approximate surface area is 310 Å². The topological polar surface area (TPSA) is 89.8 Å². The maximum Gasteiger partial charge on any atom is 0.349 e. The van der Waals surface area contributed by atoms with Crippen molar-refractivity contribution >= 4 is 38.8 Å². The summed E-state index contributed by atoms with van der Waals surface area (Å²) < 4.78 is 36.5. The predicted molar refractivity (Wildman–Crippen MR) is 211 cm³/mol. The summed E-state index contributed by atoms with van der Waals surface area (Å²) in [6.45, 7) is 25.8. The summed E-state index contributed by atoms with van der Waals surface area (Å²) in [6, 6.07) is 22.7. The van der Waals surface area contributed by atoms with E-state index in [1.807, 2.05) is 35.2 Å². The summed E-state index contributed by atoms with van der Waals surface area (Å²) in [7, 11) is -5.09. The van der Waals surface area contributed by atoms with Gasteiger partial charge in [0.1, 0.15) is 48.2 Å². The van der Waals surface area contributed by atoms with E-state index in [1.54, 1.807) is 6.33 Å². The Morgan fingerprint density at radius 1 is 0.846 bits per heavy atom. The third-order valence-corrected chi connectivity index (χ3v) is 20.8. The van der Waals surface area contributed by atoms with E-state index < -0.39 is 23.1 Å². The molecular formula is C41H54N4O5Si2. The second-order valence-electron chi connectivity index (χ2n) is 18.0. The number of aromatic nitrogens is 4. The summed E-state index contributed by atoms with van der Waals surface area (Å²) in [5.74, 6) is 0.832. The minimum Gasteiger partial charge on any atom is -0.489 e. The molecule has 4 atom stereocenters. The minimum atomic E-state index is -2.81. The van der Waals surface area contributed by atoms with Crippen molar-refractivity contribution in [3.8, 4) is 17.0 Å². The molecule has 276 valence electrons. The third kappa shape index (κ3) is 6.54. The van der Waals surface area contributed by atoms with Gasteiger partial charge in [-0.25, -0.2) is 15.0 Å². The lowest BCUT2D eigenvalue weighted by Gasteiger charge is -2.54. The van der Waals surface area contributed by atoms with Crippen LogP contribution in [0, 0.1) is 0 Å². The number of hydrogen-bond donors (Lipinski definition) is 0. The quantitative estimate of drug-likeness (QED) is 0.153. The molecule has 0 N–H and O–H groups in total. The van der Waals surface area contributed by atoms with Gasteiger partial charge in [-0.1, -0.05) is 111 Å². The standard InChI is InChI=1S/C41H54N4O5Si2/c1-39(2,3)51(10,11)49-36-35-32(24-47-52(50-35,40(4,5)6)41(7,8)9)48-38(36)45-26-44-34-33(42-25-43-37(34)45)30-18-17-29-22-31(20-19-28(29)21-30)46-23-27-15-13-12-14-16-27/h12-22,25-26,32,35-36,38H,23-24H2,1-11H3/t32-,35-,36-,38-/m1/s1. The number of ether oxygens (including phenoxy) is 2. The zero-order valence-corrected chi connectivity index (χ0v) is 34.6. The smallest absolute Gasteiger partial charge is 0.349 e. The Hall–Kier alpha value is -3.46. The van der Waals surface area contributed by atoms with Crippen LogP contribution in [0.25, 0.3) is 33.2 Å². The lowest BCUT2D eigenvalue weighted by Crippen LogP contribution is -2.66. The Bertz CT molecular complexity index is 2050. The summed E-state index contributed by atoms with van der Waals surface area (Å²) in [6.07, 6.45) is 1.98. The van der Waals surface area contributed by atoms with E-state index in [1.165, 1.54) is 0 Å². The largest absolute Gasteiger partial charge is 0.489 e. The van der Waals surface area contributed by atoms with Gasteiger partial charge in [0.2, 0.25) is 0 Å². The van der Waals surface area contributed by atoms with E-state index in [9.17, 15) is 0 Å². The van der Waals surface area contributed by atoms with Crippen LogP contribution in [0.2, 0.25) is 28.2 Å². The third-order valence-electron chi connectivity index (χ3n) is 11.2. The van der Waals surface area contributed by atoms with Crippen LogP contribution in [0.4, 0.5) is 0 Å². The van der Waals surface area contributed by atoms with Gasteiger partial charge in [0.25, 0.3) is 0 Å². The molecule has 5 aromatic rings. The van der Waals surface area contributed by atoms with Gasteiger partial charge in [-0.2, -0.15) is 0 Å². The zero-order valence-electron chi connectivity index (χ0n) is 32.6. The molecular weight excluding hydrogens is 685 g/mol. The van der Waals surface area contributed by atoms with E-state index in [0.29, 0.717) is 24.4 Å². The minimum absolute atomic E-state index is 0.0133. The maximum atomic E-state index is 7.33. The number of nitrogens with zero attached hydrogens (tertiary/aromatic N) is 4. The van der Waals surface area contributed by atoms with Crippen molar-refractivity contribution < 1.29 is 22.8 Å². The van der Waals surface area contributed by atoms with Gasteiger partial charge in [0.05, 0.1) is 12.9 Å². The number of benzene rings is 3. The van der Waals surface area contributed by atoms with Crippen molar-refractivity contribution in [1.29, 1.82) is 0 Å². The van der Waals surface area contributed by atoms with E-state index >= 15 is 0 Å². The molecule has 4 heterocycles. The molecule has 3 aromatic carbocycles. The molecule has 9 nitrogen and oxygen atoms in total. The summed E-state index contributed by atoms with van der Waals surface area (Å²) in [5, 5.41) is 1.82. The number of fused-ring (bicyclic) bond motifs is 3. The van der Waals surface area contributed by atoms with Crippen LogP contribution in [0.3, 0.4) is 0 Å². The lowest BCUT2D eigenvalue weighted by atomic mass is 10.0. The van der Waals surface area contributed by atoms with Crippen LogP contribution in [-0.4, -0.2) is 61.3 Å². The maximum absolute atomic E-state index is 7.33. The van der Waals surface area contributed by atoms with Crippen LogP contribution < -0.4 is 4.74 Å². The van der Waals surface area contributed by atoms with Crippen molar-refractivity contribution in [2.75, 3.05) is 6.61 Å². The summed E-state index contributed by atoms with van der Waals surface area (Å²) in [4.78, 5) is 14.4. The average Bonchev–Trinajstić information content (AvgIpc) is 3.66. The molecule has 0 spiro atoms. The highest BCUT2D eigenvalue weighted by Gasteiger charge is 2.66. The zero-order chi connectivity index (χ0) is 37.3. The molecule has 7 rings (SSSR count). The van der Waals surface area contributed by atoms with Gasteiger partial charge < -0.3 is 22.8 Å². The first-order chi connectivity index (χ1) is 24.4. The number of rotatable bonds is 7. The van der Waals surface area contributed by atoms with Crippen molar-refractivity contribution in [2.45, 2.75) is 122 Å². The molecule has 11 heteroatoms. The summed E-state index contributed by atoms with van der Waals surface area (Å²) in [5.41, 5.74) is 4.26. The van der Waals surface area contributed by atoms with Crippen LogP contribution in [0.15, 0.2) is 79.4 Å². The molecule has 2 aliphatic heterocycles. The van der Waals surface area contributed by atoms with Gasteiger partial charge in [-0.05, 0) is 52.7 Å². The Kier molecular flexibility index (Phi) is 9.32. The van der Waals surface area contributed by atoms with Crippen molar-refractivity contribution in [1.82, 2.24) is 19.5 Å². The molecule has 0 radical (unpaired) electrons. The molecule has 0 bridgehead atoms. The first-order valence-corrected chi connectivity index (χ1v) is 23.1. The monoisotopic (exact) mass is 738 g/mol. The number of imidazole rings is 1. The van der Waals surface area contributed by atoms with Crippen LogP contribution in [0.5, 0.6) is 5.75 Å². The molecule has 0 saturated carbocycles. The molecule has 52 heavy (non-hydrogen) atoms. The summed E-state index contributed by atoms with van der Waals surface area (Å²) >= 11 is 0. The Balaban J connectivity index is 1.23. The fourth-order valence-corrected chi connectivity index (χ4v) is 13.9. The van der Waals surface area contributed by atoms with Gasteiger partial charge in [0.15, 0.2) is 20.2 Å². The van der Waals surface area contributed by atoms with E-state index in [-0.39, 0.29) is 33.4 Å². The SMILES string of the molecule is CC(C)(C)[Si](C)(C)O[C@@H]1[C@@H]2O[Si](C(C)(C)C)(C(C)(C)C)OC[C@H]2O[C@H]1n1cnc2c(-c3ccc4cc(OCc5ccccc5)ccc4c3)ncnc21. The Morgan fingerprint density at radius 2 is 1.54 bits per heavy atom. The van der Waals surface area contributed by atoms with Crippen LogP contribution in [-0.2, 0) is 24.6 Å². The fraction of sp³-hybridized carbons (Fsp3) is 0.488. The molecule has 2 aliphatic rings. The second-order valence-corrected chi connectivity index (χ2v) is 27.5. The highest BCUT2D eigenvalue weighted by molar-refractivity contribution is 6.74. The highest BCUT2D eigenvalue weighted by Crippen LogP contribution is 2.56. The molecule has 0 aliphatic carbocycles. The Morgan fingerprint density at radius 3 is 2.23 bits per heavy atom. The fourth-order valence-electron chi connectivity index (χ4n) is 7.64. The van der Waals surface area contributed by atoms with Gasteiger partial charge in [0, 0.05) is 15.6 Å². The van der Waals surface area contributed by atoms with E-state index in [4.69, 9.17) is 37.7 Å². The van der Waals surface area contributed by atoms with Crippen molar-refractivity contribution in [3.05, 3.63) is 84.9 Å². The van der Waals surface area contributed by atoms with Gasteiger partial charge in [-0.3, -0.25) is 4.57 Å². The van der Waals surface area contributed by atoms with Gasteiger partial charge >= 0.3 is 8.56 Å². The predicted octanol–water partition coefficient (Wildman–Crippen LogP) is 9.97. The van der Waals surface area contributed by atoms with Crippen molar-refractivity contribution in [3.63, 3.8) is 0 Å². The van der Waals surface area contributed by atoms with Gasteiger partial charge in [-0.15, -0.1) is 0 Å². The first-order valence-electron chi connectivity index (χ1n) is 18.4. The lowest BCUT2D eigenvalue weighted by molar-refractivity contribution is -0.0795. The van der Waals surface area contributed by atoms with E-state index in [2.05, 4.69) is 118 Å². The molecule has 0 amide bonds. The molecule has 2 aromatic heterocycles. The van der Waals surface area contributed by atoms with E-state index in [0.717, 1.165) is 33.3 Å². The van der Waals surface area contributed by atoms with Crippen LogP contribution >= 0.6 is 0 Å². The molecule has 2 fully saturated rings.